The molecule has 2 heterocycles. The first kappa shape index (κ1) is 26.9. The van der Waals surface area contributed by atoms with Gasteiger partial charge in [0.2, 0.25) is 0 Å². The van der Waals surface area contributed by atoms with Crippen LogP contribution in [0.25, 0.3) is 51.5 Å². The topological polar surface area (TPSA) is 3.24 Å². The number of rotatable bonds is 3. The Kier molecular flexibility index (Phi) is 5.70. The molecule has 0 aliphatic heterocycles. The lowest BCUT2D eigenvalue weighted by Crippen LogP contribution is -2.43. The molecule has 2 aromatic heterocycles. The van der Waals surface area contributed by atoms with Gasteiger partial charge < -0.3 is 4.90 Å². The molecule has 0 N–H and O–H groups in total. The molecule has 0 saturated heterocycles. The molecule has 0 radical (unpaired) electrons. The van der Waals surface area contributed by atoms with Gasteiger partial charge in [-0.2, -0.15) is 0 Å². The fraction of sp³-hybridized carbons (Fsp3) is 0.143. The van der Waals surface area contributed by atoms with Crippen molar-refractivity contribution in [1.29, 1.82) is 0 Å². The second-order valence-electron chi connectivity index (χ2n) is 13.4. The van der Waals surface area contributed by atoms with E-state index < -0.39 is 0 Å². The van der Waals surface area contributed by atoms with Crippen LogP contribution < -0.4 is 4.90 Å². The number of nitrogens with zero attached hydrogens (tertiary/aromatic N) is 1. The summed E-state index contributed by atoms with van der Waals surface area (Å²) in [5, 5.41) is 5.35. The van der Waals surface area contributed by atoms with E-state index in [9.17, 15) is 0 Å². The molecule has 0 atom stereocenters. The smallest absolute Gasteiger partial charge is 0.0468 e. The number of benzene rings is 6. The summed E-state index contributed by atoms with van der Waals surface area (Å²) in [4.78, 5) is 2.42. The first-order valence-corrected chi connectivity index (χ1v) is 17.3. The van der Waals surface area contributed by atoms with Crippen LogP contribution in [0.3, 0.4) is 0 Å². The molecule has 218 valence electrons. The summed E-state index contributed by atoms with van der Waals surface area (Å²) in [6.45, 7) is 9.67. The minimum absolute atomic E-state index is 0.00976. The second-order valence-corrected chi connectivity index (χ2v) is 15.6. The molecule has 1 aliphatic carbocycles. The average molecular weight is 616 g/mol. The highest BCUT2D eigenvalue weighted by Crippen LogP contribution is 2.57. The van der Waals surface area contributed by atoms with Crippen LogP contribution in [-0.4, -0.2) is 0 Å². The Labute approximate surface area is 272 Å². The standard InChI is InChI=1S/C42H33NS2/c1-41(2)33-16-10-8-15-30(33)39-34(42(41,3)4)20-23-38-40(39)32-25-28(19-22-37(32)45-38)43(26-12-6-5-7-13-26)27-18-21-36-31(24-27)29-14-9-11-17-35(29)44-36/h5-25H,1-4H3. The fourth-order valence-electron chi connectivity index (χ4n) is 7.59. The molecule has 3 heteroatoms. The Hall–Kier alpha value is -4.44. The third kappa shape index (κ3) is 3.78. The van der Waals surface area contributed by atoms with Crippen molar-refractivity contribution in [2.45, 2.75) is 38.5 Å². The Morgan fingerprint density at radius 1 is 0.444 bits per heavy atom. The summed E-state index contributed by atoms with van der Waals surface area (Å²) in [5.74, 6) is 0. The predicted molar refractivity (Wildman–Crippen MR) is 198 cm³/mol. The molecule has 0 unspecified atom stereocenters. The quantitative estimate of drug-likeness (QED) is 0.191. The van der Waals surface area contributed by atoms with Crippen molar-refractivity contribution >= 4 is 80.1 Å². The molecule has 9 rings (SSSR count). The third-order valence-electron chi connectivity index (χ3n) is 10.6. The molecular weight excluding hydrogens is 583 g/mol. The molecule has 0 bridgehead atoms. The van der Waals surface area contributed by atoms with E-state index in [4.69, 9.17) is 0 Å². The Balaban J connectivity index is 1.32. The number of anilines is 3. The van der Waals surface area contributed by atoms with E-state index in [0.717, 1.165) is 5.69 Å². The lowest BCUT2D eigenvalue weighted by molar-refractivity contribution is 0.299. The summed E-state index contributed by atoms with van der Waals surface area (Å²) in [5.41, 5.74) is 9.16. The molecule has 0 spiro atoms. The van der Waals surface area contributed by atoms with E-state index in [1.807, 2.05) is 22.7 Å². The minimum Gasteiger partial charge on any atom is -0.310 e. The van der Waals surface area contributed by atoms with Gasteiger partial charge in [0.15, 0.2) is 0 Å². The number of hydrogen-bond donors (Lipinski definition) is 0. The van der Waals surface area contributed by atoms with Crippen LogP contribution >= 0.6 is 22.7 Å². The number of thiophene rings is 2. The molecule has 1 aliphatic rings. The molecule has 8 aromatic rings. The van der Waals surface area contributed by atoms with Crippen LogP contribution in [0.2, 0.25) is 0 Å². The first-order chi connectivity index (χ1) is 21.8. The van der Waals surface area contributed by atoms with E-state index in [2.05, 4.69) is 160 Å². The zero-order chi connectivity index (χ0) is 30.5. The Morgan fingerprint density at radius 2 is 1.02 bits per heavy atom. The molecule has 6 aromatic carbocycles. The van der Waals surface area contributed by atoms with Gasteiger partial charge in [0.25, 0.3) is 0 Å². The average Bonchev–Trinajstić information content (AvgIpc) is 3.62. The molecule has 45 heavy (non-hydrogen) atoms. The fourth-order valence-corrected chi connectivity index (χ4v) is 9.77. The highest BCUT2D eigenvalue weighted by atomic mass is 32.1. The van der Waals surface area contributed by atoms with Crippen LogP contribution in [0.4, 0.5) is 17.1 Å². The van der Waals surface area contributed by atoms with Crippen LogP contribution in [0.5, 0.6) is 0 Å². The highest BCUT2D eigenvalue weighted by Gasteiger charge is 2.46. The highest BCUT2D eigenvalue weighted by molar-refractivity contribution is 7.26. The van der Waals surface area contributed by atoms with Gasteiger partial charge in [-0.3, -0.25) is 0 Å². The normalized spacial score (nSPS) is 15.0. The van der Waals surface area contributed by atoms with Crippen LogP contribution in [0, 0.1) is 0 Å². The maximum Gasteiger partial charge on any atom is 0.0468 e. The molecule has 0 amide bonds. The first-order valence-electron chi connectivity index (χ1n) is 15.7. The minimum atomic E-state index is -0.0223. The van der Waals surface area contributed by atoms with Gasteiger partial charge in [-0.15, -0.1) is 22.7 Å². The van der Waals surface area contributed by atoms with Gasteiger partial charge in [0, 0.05) is 57.4 Å². The van der Waals surface area contributed by atoms with Crippen molar-refractivity contribution in [2.75, 3.05) is 4.90 Å². The summed E-state index contributed by atoms with van der Waals surface area (Å²) in [7, 11) is 0. The van der Waals surface area contributed by atoms with Gasteiger partial charge in [-0.1, -0.05) is 94.4 Å². The number of hydrogen-bond acceptors (Lipinski definition) is 3. The summed E-state index contributed by atoms with van der Waals surface area (Å²) in [6.07, 6.45) is 0. The summed E-state index contributed by atoms with van der Waals surface area (Å²) >= 11 is 3.78. The molecular formula is C42H33NS2. The van der Waals surface area contributed by atoms with Crippen molar-refractivity contribution in [3.63, 3.8) is 0 Å². The maximum atomic E-state index is 2.44. The van der Waals surface area contributed by atoms with Crippen molar-refractivity contribution < 1.29 is 0 Å². The number of fused-ring (bicyclic) bond motifs is 10. The van der Waals surface area contributed by atoms with Crippen molar-refractivity contribution in [3.8, 4) is 11.1 Å². The lowest BCUT2D eigenvalue weighted by Gasteiger charge is -2.48. The lowest BCUT2D eigenvalue weighted by atomic mass is 9.55. The largest absolute Gasteiger partial charge is 0.310 e. The van der Waals surface area contributed by atoms with E-state index in [0.29, 0.717) is 0 Å². The van der Waals surface area contributed by atoms with Crippen LogP contribution in [0.15, 0.2) is 127 Å². The van der Waals surface area contributed by atoms with Crippen LogP contribution in [0.1, 0.15) is 38.8 Å². The van der Waals surface area contributed by atoms with E-state index in [1.165, 1.54) is 74.0 Å². The predicted octanol–water partition coefficient (Wildman–Crippen LogP) is 13.1. The molecule has 0 fully saturated rings. The van der Waals surface area contributed by atoms with E-state index in [1.54, 1.807) is 0 Å². The van der Waals surface area contributed by atoms with Crippen molar-refractivity contribution in [1.82, 2.24) is 0 Å². The van der Waals surface area contributed by atoms with E-state index in [-0.39, 0.29) is 10.8 Å². The van der Waals surface area contributed by atoms with E-state index >= 15 is 0 Å². The number of para-hydroxylation sites is 1. The Bertz CT molecular complexity index is 2440. The monoisotopic (exact) mass is 615 g/mol. The summed E-state index contributed by atoms with van der Waals surface area (Å²) in [6, 6.07) is 47.5. The zero-order valence-electron chi connectivity index (χ0n) is 25.9. The zero-order valence-corrected chi connectivity index (χ0v) is 27.5. The van der Waals surface area contributed by atoms with Gasteiger partial charge in [-0.05, 0) is 93.7 Å². The van der Waals surface area contributed by atoms with Crippen molar-refractivity contribution in [3.05, 3.63) is 139 Å². The Morgan fingerprint density at radius 3 is 1.82 bits per heavy atom. The SMILES string of the molecule is CC1(C)c2ccccc2-c2c(ccc3sc4ccc(N(c5ccccc5)c5ccc6sc7ccccc7c6c5)cc4c23)C1(C)C. The van der Waals surface area contributed by atoms with Crippen molar-refractivity contribution in [2.24, 2.45) is 0 Å². The van der Waals surface area contributed by atoms with Gasteiger partial charge >= 0.3 is 0 Å². The summed E-state index contributed by atoms with van der Waals surface area (Å²) < 4.78 is 5.33. The van der Waals surface area contributed by atoms with Gasteiger partial charge in [-0.25, -0.2) is 0 Å². The maximum absolute atomic E-state index is 2.44. The molecule has 0 saturated carbocycles. The molecule has 1 nitrogen and oxygen atoms in total. The van der Waals surface area contributed by atoms with Crippen LogP contribution in [-0.2, 0) is 10.8 Å². The van der Waals surface area contributed by atoms with Gasteiger partial charge in [0.05, 0.1) is 0 Å². The van der Waals surface area contributed by atoms with Gasteiger partial charge in [0.1, 0.15) is 0 Å². The second kappa shape index (κ2) is 9.53. The third-order valence-corrected chi connectivity index (χ3v) is 12.9.